The first-order valence-electron chi connectivity index (χ1n) is 17.2. The van der Waals surface area contributed by atoms with Crippen molar-refractivity contribution in [2.45, 2.75) is 122 Å². The molecule has 252 valence electrons. The summed E-state index contributed by atoms with van der Waals surface area (Å²) in [4.78, 5) is 43.1. The van der Waals surface area contributed by atoms with Crippen molar-refractivity contribution in [1.82, 2.24) is 10.7 Å². The lowest BCUT2D eigenvalue weighted by atomic mass is 9.43. The summed E-state index contributed by atoms with van der Waals surface area (Å²) in [6.07, 6.45) is 7.21. The van der Waals surface area contributed by atoms with E-state index in [1.165, 1.54) is 0 Å². The molecule has 1 amide bonds. The molecule has 1 aromatic carbocycles. The lowest BCUT2D eigenvalue weighted by molar-refractivity contribution is -0.525. The Bertz CT molecular complexity index is 1300. The minimum Gasteiger partial charge on any atom is -0.404 e. The summed E-state index contributed by atoms with van der Waals surface area (Å²) in [5.74, 6) is -0.0520. The third-order valence-corrected chi connectivity index (χ3v) is 11.7. The van der Waals surface area contributed by atoms with Crippen molar-refractivity contribution >= 4 is 24.8 Å². The molecule has 1 heterocycles. The van der Waals surface area contributed by atoms with Gasteiger partial charge in [0.25, 0.3) is 5.96 Å². The summed E-state index contributed by atoms with van der Waals surface area (Å²) in [5, 5.41) is 13.2. The number of nitrogens with zero attached hydrogens (tertiary/aromatic N) is 2. The highest BCUT2D eigenvalue weighted by atomic mass is 16.7. The van der Waals surface area contributed by atoms with Crippen molar-refractivity contribution < 1.29 is 23.9 Å². The fourth-order valence-corrected chi connectivity index (χ4v) is 8.99. The quantitative estimate of drug-likeness (QED) is 0.0659. The van der Waals surface area contributed by atoms with E-state index in [9.17, 15) is 19.7 Å². The number of guanidine groups is 1. The van der Waals surface area contributed by atoms with Crippen LogP contribution in [0.1, 0.15) is 104 Å². The highest BCUT2D eigenvalue weighted by Crippen LogP contribution is 2.65. The van der Waals surface area contributed by atoms with Gasteiger partial charge >= 0.3 is 7.12 Å². The first-order chi connectivity index (χ1) is 21.8. The molecule has 5 aliphatic rings. The number of amides is 1. The van der Waals surface area contributed by atoms with Crippen LogP contribution in [0, 0.1) is 39.2 Å². The van der Waals surface area contributed by atoms with Crippen molar-refractivity contribution in [1.29, 1.82) is 0 Å². The van der Waals surface area contributed by atoms with Crippen LogP contribution in [0.25, 0.3) is 0 Å². The molecule has 6 rings (SSSR count). The molecule has 1 aromatic rings. The molecule has 1 aliphatic heterocycles. The second kappa shape index (κ2) is 13.6. The monoisotopic (exact) mass is 637 g/mol. The van der Waals surface area contributed by atoms with Gasteiger partial charge in [0.1, 0.15) is 5.78 Å². The van der Waals surface area contributed by atoms with E-state index in [0.717, 1.165) is 44.1 Å². The number of nitrogens with two attached hydrogens (primary N) is 1. The summed E-state index contributed by atoms with van der Waals surface area (Å²) < 4.78 is 13.4. The van der Waals surface area contributed by atoms with Gasteiger partial charge in [-0.15, -0.1) is 0 Å². The largest absolute Gasteiger partial charge is 0.481 e. The van der Waals surface area contributed by atoms with E-state index in [0.29, 0.717) is 31.1 Å². The lowest BCUT2D eigenvalue weighted by Gasteiger charge is -2.64. The van der Waals surface area contributed by atoms with Crippen molar-refractivity contribution in [3.8, 4) is 0 Å². The summed E-state index contributed by atoms with van der Waals surface area (Å²) in [6, 6.07) is 9.94. The van der Waals surface area contributed by atoms with Gasteiger partial charge in [-0.2, -0.15) is 0 Å². The first-order valence-corrected chi connectivity index (χ1v) is 17.2. The normalized spacial score (nSPS) is 29.0. The lowest BCUT2D eigenvalue weighted by Crippen LogP contribution is -2.65. The van der Waals surface area contributed by atoms with Gasteiger partial charge in [-0.3, -0.25) is 9.59 Å². The number of hydrogen-bond acceptors (Lipinski definition) is 7. The number of hydrogen-bond donors (Lipinski definition) is 3. The van der Waals surface area contributed by atoms with Gasteiger partial charge in [0.05, 0.1) is 23.1 Å². The van der Waals surface area contributed by atoms with E-state index in [1.807, 2.05) is 35.8 Å². The van der Waals surface area contributed by atoms with E-state index in [4.69, 9.17) is 15.0 Å². The maximum atomic E-state index is 14.2. The van der Waals surface area contributed by atoms with E-state index < -0.39 is 29.1 Å². The van der Waals surface area contributed by atoms with Crippen LogP contribution in [0.2, 0.25) is 0 Å². The van der Waals surface area contributed by atoms with Crippen LogP contribution in [0.3, 0.4) is 0 Å². The predicted molar refractivity (Wildman–Crippen MR) is 177 cm³/mol. The Morgan fingerprint density at radius 1 is 1.15 bits per heavy atom. The second-order valence-electron chi connectivity index (χ2n) is 15.3. The number of carbonyl (C=O) groups is 2. The van der Waals surface area contributed by atoms with Crippen LogP contribution in [-0.2, 0) is 24.3 Å². The SMILES string of the molecule is CC(C)C[C@H](NC(=O)[C@H](CCCN=C(N)N[N+](=O)[O-])CC(=O)C1(c2ccccc2)CCCC1)B1O[C@@H]2C[C@H]3C[C@H](C3(C)C)[C@]2(C)O1. The zero-order valence-electron chi connectivity index (χ0n) is 28.1. The number of benzene rings is 1. The van der Waals surface area contributed by atoms with Gasteiger partial charge in [0.15, 0.2) is 5.03 Å². The molecule has 11 nitrogen and oxygen atoms in total. The molecule has 1 saturated heterocycles. The molecule has 6 atom stereocenters. The first kappa shape index (κ1) is 34.4. The number of ketones is 1. The number of hydrazine groups is 1. The maximum Gasteiger partial charge on any atom is 0.481 e. The molecule has 5 fully saturated rings. The Morgan fingerprint density at radius 2 is 1.85 bits per heavy atom. The van der Waals surface area contributed by atoms with E-state index >= 15 is 0 Å². The van der Waals surface area contributed by atoms with Crippen LogP contribution in [-0.4, -0.2) is 54.0 Å². The Morgan fingerprint density at radius 3 is 2.48 bits per heavy atom. The molecule has 4 saturated carbocycles. The zero-order chi connectivity index (χ0) is 33.3. The van der Waals surface area contributed by atoms with Gasteiger partial charge in [0.2, 0.25) is 5.91 Å². The molecule has 12 heteroatoms. The standard InChI is InChI=1S/C34H52BN5O6/c1-22(2)18-29(35-45-28-21-25-20-26(32(25,3)4)33(28,5)46-35)38-30(42)23(12-11-17-37-31(36)39-40(43)44)19-27(41)34(15-9-10-16-34)24-13-7-6-8-14-24/h6-8,13-14,22-23,25-26,28-29H,9-12,15-21H2,1-5H3,(H,38,42)(H3,36,37,39)/t23-,25-,26-,28-,29+,33+/m1/s1. The van der Waals surface area contributed by atoms with Crippen molar-refractivity contribution in [2.75, 3.05) is 6.54 Å². The Kier molecular flexibility index (Phi) is 10.2. The average molecular weight is 638 g/mol. The number of aliphatic imine (C=N–C) groups is 1. The average Bonchev–Trinajstić information content (AvgIpc) is 3.63. The molecular weight excluding hydrogens is 585 g/mol. The van der Waals surface area contributed by atoms with Crippen LogP contribution in [0.15, 0.2) is 35.3 Å². The third kappa shape index (κ3) is 6.84. The molecule has 0 unspecified atom stereocenters. The molecule has 2 bridgehead atoms. The number of rotatable bonds is 14. The smallest absolute Gasteiger partial charge is 0.404 e. The van der Waals surface area contributed by atoms with E-state index in [1.54, 1.807) is 0 Å². The minimum atomic E-state index is -0.763. The summed E-state index contributed by atoms with van der Waals surface area (Å²) in [6.45, 7) is 11.3. The number of nitro groups is 1. The summed E-state index contributed by atoms with van der Waals surface area (Å²) in [7, 11) is -0.559. The highest BCUT2D eigenvalue weighted by Gasteiger charge is 2.68. The van der Waals surface area contributed by atoms with Gasteiger partial charge in [-0.1, -0.05) is 76.3 Å². The predicted octanol–water partition coefficient (Wildman–Crippen LogP) is 4.75. The highest BCUT2D eigenvalue weighted by molar-refractivity contribution is 6.47. The molecule has 0 radical (unpaired) electrons. The van der Waals surface area contributed by atoms with Crippen molar-refractivity contribution in [3.63, 3.8) is 0 Å². The fraction of sp³-hybridized carbons (Fsp3) is 0.735. The summed E-state index contributed by atoms with van der Waals surface area (Å²) in [5.41, 5.74) is 7.69. The topological polar surface area (TPSA) is 158 Å². The van der Waals surface area contributed by atoms with Gasteiger partial charge in [0, 0.05) is 18.9 Å². The van der Waals surface area contributed by atoms with Crippen LogP contribution in [0.5, 0.6) is 0 Å². The molecular formula is C34H52BN5O6. The Labute approximate surface area is 273 Å². The molecule has 4 N–H and O–H groups in total. The van der Waals surface area contributed by atoms with E-state index in [-0.39, 0.29) is 54.0 Å². The van der Waals surface area contributed by atoms with Gasteiger partial charge in [-0.05, 0) is 80.6 Å². The number of nitrogens with one attached hydrogen (secondary N) is 2. The van der Waals surface area contributed by atoms with Gasteiger partial charge < -0.3 is 20.4 Å². The van der Waals surface area contributed by atoms with Crippen LogP contribution in [0.4, 0.5) is 0 Å². The van der Waals surface area contributed by atoms with Gasteiger partial charge in [-0.25, -0.2) is 15.1 Å². The maximum absolute atomic E-state index is 14.2. The number of carbonyl (C=O) groups excluding carboxylic acids is 2. The molecule has 4 aliphatic carbocycles. The van der Waals surface area contributed by atoms with Crippen molar-refractivity contribution in [3.05, 3.63) is 46.0 Å². The third-order valence-electron chi connectivity index (χ3n) is 11.7. The van der Waals surface area contributed by atoms with Crippen LogP contribution >= 0.6 is 0 Å². The Hall–Kier alpha value is -2.99. The number of Topliss-reactive ketones (excluding diaryl/α,β-unsaturated/α-hetero) is 1. The fourth-order valence-electron chi connectivity index (χ4n) is 8.99. The molecule has 0 aromatic heterocycles. The Balaban J connectivity index is 1.33. The molecule has 46 heavy (non-hydrogen) atoms. The van der Waals surface area contributed by atoms with Crippen molar-refractivity contribution in [2.24, 2.45) is 39.8 Å². The zero-order valence-corrected chi connectivity index (χ0v) is 28.1. The molecule has 0 spiro atoms. The minimum absolute atomic E-state index is 0.00223. The second-order valence-corrected chi connectivity index (χ2v) is 15.3. The van der Waals surface area contributed by atoms with E-state index in [2.05, 4.69) is 44.9 Å². The van der Waals surface area contributed by atoms with Crippen LogP contribution < -0.4 is 16.5 Å². The summed E-state index contributed by atoms with van der Waals surface area (Å²) >= 11 is 0.